The molecule has 0 bridgehead atoms. The van der Waals surface area contributed by atoms with Crippen molar-refractivity contribution in [2.75, 3.05) is 6.54 Å². The third-order valence-electron chi connectivity index (χ3n) is 4.28. The number of hydrogen-bond donors (Lipinski definition) is 1. The fourth-order valence-corrected chi connectivity index (χ4v) is 2.94. The molecule has 1 aliphatic carbocycles. The Hall–Kier alpha value is -2.43. The number of rotatable bonds is 5. The molecule has 1 heterocycles. The molecule has 3 rings (SSSR count). The summed E-state index contributed by atoms with van der Waals surface area (Å²) in [6.45, 7) is 2.82. The van der Waals surface area contributed by atoms with Gasteiger partial charge in [0.05, 0.1) is 18.7 Å². The standard InChI is InChI=1S/C18H21N3O2/c1-13-5-2-3-6-14(13)11-17(22)19-9-10-21-18(23)12-15-7-4-8-16(15)20-21/h2-3,5-6,12H,4,7-11H2,1H3,(H,19,22). The van der Waals surface area contributed by atoms with Gasteiger partial charge in [-0.3, -0.25) is 9.59 Å². The van der Waals surface area contributed by atoms with Crippen LogP contribution in [0.1, 0.15) is 28.8 Å². The second-order valence-electron chi connectivity index (χ2n) is 5.98. The molecule has 23 heavy (non-hydrogen) atoms. The quantitative estimate of drug-likeness (QED) is 0.908. The number of carbonyl (C=O) groups excluding carboxylic acids is 1. The minimum absolute atomic E-state index is 0.0338. The van der Waals surface area contributed by atoms with Gasteiger partial charge in [0.2, 0.25) is 5.91 Å². The van der Waals surface area contributed by atoms with E-state index in [0.29, 0.717) is 19.5 Å². The lowest BCUT2D eigenvalue weighted by molar-refractivity contribution is -0.120. The third kappa shape index (κ3) is 3.67. The summed E-state index contributed by atoms with van der Waals surface area (Å²) < 4.78 is 1.46. The van der Waals surface area contributed by atoms with Gasteiger partial charge in [0.25, 0.3) is 5.56 Å². The van der Waals surface area contributed by atoms with Crippen molar-refractivity contribution < 1.29 is 4.79 Å². The van der Waals surface area contributed by atoms with Gasteiger partial charge in [0.15, 0.2) is 0 Å². The first-order valence-electron chi connectivity index (χ1n) is 8.04. The topological polar surface area (TPSA) is 64.0 Å². The van der Waals surface area contributed by atoms with Gasteiger partial charge in [-0.15, -0.1) is 0 Å². The zero-order chi connectivity index (χ0) is 16.2. The number of nitrogens with zero attached hydrogens (tertiary/aromatic N) is 2. The van der Waals surface area contributed by atoms with Crippen LogP contribution in [0.4, 0.5) is 0 Å². The van der Waals surface area contributed by atoms with Crippen LogP contribution in [0.25, 0.3) is 0 Å². The normalized spacial score (nSPS) is 12.9. The molecule has 1 aliphatic rings. The van der Waals surface area contributed by atoms with E-state index in [2.05, 4.69) is 10.4 Å². The van der Waals surface area contributed by atoms with E-state index in [4.69, 9.17) is 0 Å². The van der Waals surface area contributed by atoms with Crippen LogP contribution < -0.4 is 10.9 Å². The van der Waals surface area contributed by atoms with E-state index in [0.717, 1.165) is 41.6 Å². The maximum absolute atomic E-state index is 12.0. The molecule has 0 saturated carbocycles. The summed E-state index contributed by atoms with van der Waals surface area (Å²) in [5.74, 6) is -0.0338. The summed E-state index contributed by atoms with van der Waals surface area (Å²) in [7, 11) is 0. The van der Waals surface area contributed by atoms with Gasteiger partial charge in [-0.2, -0.15) is 5.10 Å². The minimum atomic E-state index is -0.0844. The summed E-state index contributed by atoms with van der Waals surface area (Å²) in [5, 5.41) is 7.26. The Labute approximate surface area is 135 Å². The number of nitrogens with one attached hydrogen (secondary N) is 1. The zero-order valence-corrected chi connectivity index (χ0v) is 13.3. The van der Waals surface area contributed by atoms with Gasteiger partial charge in [0.1, 0.15) is 0 Å². The Kier molecular flexibility index (Phi) is 4.55. The molecule has 0 saturated heterocycles. The average Bonchev–Trinajstić information content (AvgIpc) is 2.97. The van der Waals surface area contributed by atoms with Crippen LogP contribution in [-0.4, -0.2) is 22.2 Å². The smallest absolute Gasteiger partial charge is 0.267 e. The molecule has 2 aromatic rings. The highest BCUT2D eigenvalue weighted by Gasteiger charge is 2.14. The summed E-state index contributed by atoms with van der Waals surface area (Å²) >= 11 is 0. The molecule has 1 aromatic heterocycles. The number of aryl methyl sites for hydroxylation is 3. The molecular weight excluding hydrogens is 290 g/mol. The highest BCUT2D eigenvalue weighted by atomic mass is 16.1. The van der Waals surface area contributed by atoms with Crippen LogP contribution in [0.15, 0.2) is 35.1 Å². The highest BCUT2D eigenvalue weighted by Crippen LogP contribution is 2.16. The Balaban J connectivity index is 1.55. The van der Waals surface area contributed by atoms with E-state index in [9.17, 15) is 9.59 Å². The largest absolute Gasteiger partial charge is 0.354 e. The molecule has 0 unspecified atom stereocenters. The summed E-state index contributed by atoms with van der Waals surface area (Å²) in [6, 6.07) is 9.54. The van der Waals surface area contributed by atoms with Crippen molar-refractivity contribution >= 4 is 5.91 Å². The van der Waals surface area contributed by atoms with Crippen LogP contribution in [0.2, 0.25) is 0 Å². The fourth-order valence-electron chi connectivity index (χ4n) is 2.94. The molecule has 0 spiro atoms. The number of aromatic nitrogens is 2. The summed E-state index contributed by atoms with van der Waals surface area (Å²) in [4.78, 5) is 24.0. The number of carbonyl (C=O) groups is 1. The first kappa shape index (κ1) is 15.5. The molecule has 120 valence electrons. The molecule has 5 nitrogen and oxygen atoms in total. The summed E-state index contributed by atoms with van der Waals surface area (Å²) in [6.07, 6.45) is 3.32. The lowest BCUT2D eigenvalue weighted by Gasteiger charge is -2.09. The van der Waals surface area contributed by atoms with Crippen LogP contribution >= 0.6 is 0 Å². The predicted octanol–water partition coefficient (Wildman–Crippen LogP) is 1.40. The Morgan fingerprint density at radius 2 is 2.13 bits per heavy atom. The highest BCUT2D eigenvalue weighted by molar-refractivity contribution is 5.78. The Bertz CT molecular complexity index is 780. The lowest BCUT2D eigenvalue weighted by atomic mass is 10.1. The molecule has 0 fully saturated rings. The molecular formula is C18H21N3O2. The molecule has 1 amide bonds. The third-order valence-corrected chi connectivity index (χ3v) is 4.28. The molecule has 0 radical (unpaired) electrons. The molecule has 5 heteroatoms. The van der Waals surface area contributed by atoms with E-state index in [1.807, 2.05) is 31.2 Å². The Morgan fingerprint density at radius 3 is 2.96 bits per heavy atom. The van der Waals surface area contributed by atoms with E-state index in [-0.39, 0.29) is 11.5 Å². The van der Waals surface area contributed by atoms with Gasteiger partial charge in [0, 0.05) is 12.6 Å². The first-order valence-corrected chi connectivity index (χ1v) is 8.04. The molecule has 1 N–H and O–H groups in total. The Morgan fingerprint density at radius 1 is 1.30 bits per heavy atom. The molecule has 0 atom stereocenters. The van der Waals surface area contributed by atoms with Crippen molar-refractivity contribution in [3.63, 3.8) is 0 Å². The van der Waals surface area contributed by atoms with E-state index < -0.39 is 0 Å². The second-order valence-corrected chi connectivity index (χ2v) is 5.98. The van der Waals surface area contributed by atoms with Crippen molar-refractivity contribution in [2.24, 2.45) is 0 Å². The minimum Gasteiger partial charge on any atom is -0.354 e. The monoisotopic (exact) mass is 311 g/mol. The average molecular weight is 311 g/mol. The van der Waals surface area contributed by atoms with Crippen molar-refractivity contribution in [1.82, 2.24) is 15.1 Å². The SMILES string of the molecule is Cc1ccccc1CC(=O)NCCn1nc2c(cc1=O)CCC2. The van der Waals surface area contributed by atoms with Crippen LogP contribution in [0.5, 0.6) is 0 Å². The second kappa shape index (κ2) is 6.77. The van der Waals surface area contributed by atoms with Crippen LogP contribution in [0.3, 0.4) is 0 Å². The van der Waals surface area contributed by atoms with E-state index in [1.54, 1.807) is 6.07 Å². The zero-order valence-electron chi connectivity index (χ0n) is 13.3. The van der Waals surface area contributed by atoms with Gasteiger partial charge < -0.3 is 5.32 Å². The maximum atomic E-state index is 12.0. The van der Waals surface area contributed by atoms with Gasteiger partial charge in [-0.1, -0.05) is 24.3 Å². The maximum Gasteiger partial charge on any atom is 0.267 e. The molecule has 0 aliphatic heterocycles. The van der Waals surface area contributed by atoms with Crippen LogP contribution in [-0.2, 0) is 30.6 Å². The number of amides is 1. The van der Waals surface area contributed by atoms with Crippen LogP contribution in [0, 0.1) is 6.92 Å². The lowest BCUT2D eigenvalue weighted by Crippen LogP contribution is -2.33. The van der Waals surface area contributed by atoms with Crippen molar-refractivity contribution in [2.45, 2.75) is 39.2 Å². The van der Waals surface area contributed by atoms with Crippen molar-refractivity contribution in [1.29, 1.82) is 0 Å². The van der Waals surface area contributed by atoms with Crippen molar-refractivity contribution in [3.8, 4) is 0 Å². The van der Waals surface area contributed by atoms with Gasteiger partial charge >= 0.3 is 0 Å². The van der Waals surface area contributed by atoms with Gasteiger partial charge in [-0.05, 0) is 42.9 Å². The van der Waals surface area contributed by atoms with Crippen molar-refractivity contribution in [3.05, 3.63) is 63.1 Å². The van der Waals surface area contributed by atoms with E-state index in [1.165, 1.54) is 4.68 Å². The number of benzene rings is 1. The predicted molar refractivity (Wildman–Crippen MR) is 88.4 cm³/mol. The summed E-state index contributed by atoms with van der Waals surface area (Å²) in [5.41, 5.74) is 4.15. The molecule has 1 aromatic carbocycles. The number of hydrogen-bond acceptors (Lipinski definition) is 3. The van der Waals surface area contributed by atoms with E-state index >= 15 is 0 Å². The van der Waals surface area contributed by atoms with Gasteiger partial charge in [-0.25, -0.2) is 4.68 Å². The number of fused-ring (bicyclic) bond motifs is 1. The first-order chi connectivity index (χ1) is 11.1. The fraction of sp³-hybridized carbons (Fsp3) is 0.389.